The van der Waals surface area contributed by atoms with Crippen LogP contribution in [0.4, 0.5) is 5.69 Å². The number of hydrogen-bond donors (Lipinski definition) is 0. The van der Waals surface area contributed by atoms with Crippen LogP contribution in [0.25, 0.3) is 0 Å². The highest BCUT2D eigenvalue weighted by molar-refractivity contribution is 5.47. The second-order valence-corrected chi connectivity index (χ2v) is 3.17. The Labute approximate surface area is 81.7 Å². The second kappa shape index (κ2) is 3.38. The van der Waals surface area contributed by atoms with Gasteiger partial charge >= 0.3 is 0 Å². The lowest BCUT2D eigenvalue weighted by molar-refractivity contribution is -0.384. The number of nitro benzene ring substituents is 1. The van der Waals surface area contributed by atoms with Crippen molar-refractivity contribution in [3.8, 4) is 0 Å². The standard InChI is InChI=1S/C10H9NO3/c1-14-10-5-7-2-3-9(11(12)13)4-8(7)6-10/h2-4,10H,6H2,1H3. The molecule has 0 heterocycles. The first kappa shape index (κ1) is 9.15. The molecule has 0 amide bonds. The molecule has 1 atom stereocenters. The fourth-order valence-corrected chi connectivity index (χ4v) is 1.57. The van der Waals surface area contributed by atoms with Crippen LogP contribution in [-0.2, 0) is 11.2 Å². The molecule has 1 unspecified atom stereocenters. The zero-order chi connectivity index (χ0) is 10.1. The van der Waals surface area contributed by atoms with Gasteiger partial charge in [0.2, 0.25) is 0 Å². The third-order valence-corrected chi connectivity index (χ3v) is 2.31. The molecule has 0 aromatic heterocycles. The fourth-order valence-electron chi connectivity index (χ4n) is 1.57. The molecule has 4 nitrogen and oxygen atoms in total. The summed E-state index contributed by atoms with van der Waals surface area (Å²) in [6.45, 7) is 0. The van der Waals surface area contributed by atoms with Gasteiger partial charge in [0.1, 0.15) is 0 Å². The molecule has 1 aliphatic rings. The Bertz CT molecular complexity index is 376. The van der Waals surface area contributed by atoms with E-state index in [1.165, 1.54) is 6.07 Å². The largest absolute Gasteiger partial charge is 0.380 e. The Balaban J connectivity index is 2.31. The summed E-state index contributed by atoms with van der Waals surface area (Å²) in [5, 5.41) is 10.5. The summed E-state index contributed by atoms with van der Waals surface area (Å²) in [6.07, 6.45) is 3.72. The normalized spacial score (nSPS) is 19.4. The minimum atomic E-state index is -0.388. The first-order valence-corrected chi connectivity index (χ1v) is 4.27. The number of fused-ring (bicyclic) bond motifs is 1. The van der Waals surface area contributed by atoms with E-state index in [0.29, 0.717) is 6.42 Å². The Morgan fingerprint density at radius 1 is 1.64 bits per heavy atom. The minimum absolute atomic E-state index is 0.0630. The average Bonchev–Trinajstić information content (AvgIpc) is 2.58. The SMILES string of the molecule is COC1[C]c2ccc([N+](=O)[O-])cc2C1. The number of hydrogen-bond acceptors (Lipinski definition) is 3. The van der Waals surface area contributed by atoms with Crippen molar-refractivity contribution >= 4 is 5.69 Å². The van der Waals surface area contributed by atoms with Gasteiger partial charge in [-0.15, -0.1) is 0 Å². The zero-order valence-corrected chi connectivity index (χ0v) is 7.69. The van der Waals surface area contributed by atoms with E-state index in [1.54, 1.807) is 19.2 Å². The summed E-state index contributed by atoms with van der Waals surface area (Å²) < 4.78 is 5.11. The summed E-state index contributed by atoms with van der Waals surface area (Å²) in [5.41, 5.74) is 1.98. The molecule has 1 aliphatic carbocycles. The first-order chi connectivity index (χ1) is 6.70. The van der Waals surface area contributed by atoms with E-state index >= 15 is 0 Å². The van der Waals surface area contributed by atoms with Gasteiger partial charge < -0.3 is 4.74 Å². The van der Waals surface area contributed by atoms with E-state index in [9.17, 15) is 10.1 Å². The first-order valence-electron chi connectivity index (χ1n) is 4.27. The predicted octanol–water partition coefficient (Wildman–Crippen LogP) is 1.60. The average molecular weight is 191 g/mol. The molecule has 14 heavy (non-hydrogen) atoms. The van der Waals surface area contributed by atoms with Crippen molar-refractivity contribution in [3.63, 3.8) is 0 Å². The van der Waals surface area contributed by atoms with E-state index in [4.69, 9.17) is 4.74 Å². The van der Waals surface area contributed by atoms with Crippen molar-refractivity contribution in [2.75, 3.05) is 7.11 Å². The van der Waals surface area contributed by atoms with Crippen LogP contribution in [0.15, 0.2) is 18.2 Å². The van der Waals surface area contributed by atoms with Gasteiger partial charge in [0, 0.05) is 32.1 Å². The van der Waals surface area contributed by atoms with Gasteiger partial charge in [0.15, 0.2) is 0 Å². The minimum Gasteiger partial charge on any atom is -0.380 e. The van der Waals surface area contributed by atoms with Crippen LogP contribution < -0.4 is 0 Å². The van der Waals surface area contributed by atoms with Crippen LogP contribution in [-0.4, -0.2) is 18.1 Å². The molecule has 0 aliphatic heterocycles. The molecule has 1 aromatic carbocycles. The lowest BCUT2D eigenvalue weighted by Crippen LogP contribution is -2.06. The summed E-state index contributed by atoms with van der Waals surface area (Å²) >= 11 is 0. The molecule has 0 saturated carbocycles. The summed E-state index contributed by atoms with van der Waals surface area (Å²) in [6, 6.07) is 4.79. The third-order valence-electron chi connectivity index (χ3n) is 2.31. The quantitative estimate of drug-likeness (QED) is 0.527. The highest BCUT2D eigenvalue weighted by Gasteiger charge is 2.23. The number of nitrogens with zero attached hydrogens (tertiary/aromatic N) is 1. The van der Waals surface area contributed by atoms with Crippen LogP contribution in [0.1, 0.15) is 11.1 Å². The van der Waals surface area contributed by atoms with Crippen molar-refractivity contribution in [3.05, 3.63) is 45.9 Å². The number of benzene rings is 1. The van der Waals surface area contributed by atoms with Crippen LogP contribution in [0.3, 0.4) is 0 Å². The molecule has 0 bridgehead atoms. The van der Waals surface area contributed by atoms with Gasteiger partial charge in [-0.3, -0.25) is 10.1 Å². The van der Waals surface area contributed by atoms with Crippen molar-refractivity contribution in [1.82, 2.24) is 0 Å². The molecular formula is C10H9NO3. The molecule has 0 spiro atoms. The number of methoxy groups -OCH3 is 1. The molecule has 0 fully saturated rings. The third kappa shape index (κ3) is 1.48. The van der Waals surface area contributed by atoms with E-state index in [0.717, 1.165) is 11.1 Å². The maximum absolute atomic E-state index is 10.5. The smallest absolute Gasteiger partial charge is 0.269 e. The van der Waals surface area contributed by atoms with Gasteiger partial charge in [-0.1, -0.05) is 6.07 Å². The number of ether oxygens (including phenoxy) is 1. The molecule has 72 valence electrons. The molecule has 4 heteroatoms. The van der Waals surface area contributed by atoms with Crippen LogP contribution in [0.2, 0.25) is 0 Å². The topological polar surface area (TPSA) is 52.4 Å². The van der Waals surface area contributed by atoms with Crippen LogP contribution in [0, 0.1) is 16.5 Å². The molecule has 0 N–H and O–H groups in total. The monoisotopic (exact) mass is 191 g/mol. The summed E-state index contributed by atoms with van der Waals surface area (Å²) in [7, 11) is 1.61. The summed E-state index contributed by atoms with van der Waals surface area (Å²) in [5.74, 6) is 0. The fraction of sp³-hybridized carbons (Fsp3) is 0.300. The van der Waals surface area contributed by atoms with Gasteiger partial charge in [-0.25, -0.2) is 0 Å². The van der Waals surface area contributed by atoms with Gasteiger partial charge in [0.25, 0.3) is 5.69 Å². The molecule has 1 aromatic rings. The molecule has 0 saturated heterocycles. The zero-order valence-electron chi connectivity index (χ0n) is 7.69. The van der Waals surface area contributed by atoms with Gasteiger partial charge in [-0.05, 0) is 11.1 Å². The predicted molar refractivity (Wildman–Crippen MR) is 49.9 cm³/mol. The Morgan fingerprint density at radius 3 is 3.07 bits per heavy atom. The van der Waals surface area contributed by atoms with E-state index in [2.05, 4.69) is 6.42 Å². The molecular weight excluding hydrogens is 182 g/mol. The van der Waals surface area contributed by atoms with Gasteiger partial charge in [0.05, 0.1) is 11.0 Å². The molecule has 2 rings (SSSR count). The highest BCUT2D eigenvalue weighted by atomic mass is 16.6. The van der Waals surface area contributed by atoms with Crippen LogP contribution >= 0.6 is 0 Å². The van der Waals surface area contributed by atoms with E-state index in [1.807, 2.05) is 0 Å². The Kier molecular flexibility index (Phi) is 2.21. The van der Waals surface area contributed by atoms with Gasteiger partial charge in [-0.2, -0.15) is 0 Å². The van der Waals surface area contributed by atoms with E-state index < -0.39 is 0 Å². The summed E-state index contributed by atoms with van der Waals surface area (Å²) in [4.78, 5) is 10.1. The van der Waals surface area contributed by atoms with Crippen molar-refractivity contribution in [2.24, 2.45) is 0 Å². The van der Waals surface area contributed by atoms with E-state index in [-0.39, 0.29) is 16.7 Å². The maximum atomic E-state index is 10.5. The Hall–Kier alpha value is -1.42. The molecule has 2 radical (unpaired) electrons. The lowest BCUT2D eigenvalue weighted by Gasteiger charge is -2.02. The number of nitro groups is 1. The lowest BCUT2D eigenvalue weighted by atomic mass is 10.1. The van der Waals surface area contributed by atoms with Crippen molar-refractivity contribution in [2.45, 2.75) is 12.5 Å². The van der Waals surface area contributed by atoms with Crippen molar-refractivity contribution in [1.29, 1.82) is 0 Å². The Morgan fingerprint density at radius 2 is 2.43 bits per heavy atom. The maximum Gasteiger partial charge on any atom is 0.269 e. The highest BCUT2D eigenvalue weighted by Crippen LogP contribution is 2.28. The van der Waals surface area contributed by atoms with Crippen LogP contribution in [0.5, 0.6) is 0 Å². The number of rotatable bonds is 2. The second-order valence-electron chi connectivity index (χ2n) is 3.17. The van der Waals surface area contributed by atoms with Crippen molar-refractivity contribution < 1.29 is 9.66 Å². The number of non-ortho nitro benzene ring substituents is 1.